The number of nitrogens with two attached hydrogens (primary N) is 1. The minimum Gasteiger partial charge on any atom is -0.355 e. The smallest absolute Gasteiger partial charge is 0.181 e. The van der Waals surface area contributed by atoms with E-state index in [1.807, 2.05) is 74.5 Å². The van der Waals surface area contributed by atoms with E-state index in [0.29, 0.717) is 5.84 Å². The Morgan fingerprint density at radius 1 is 0.906 bits per heavy atom. The van der Waals surface area contributed by atoms with Crippen molar-refractivity contribution < 1.29 is 0 Å². The van der Waals surface area contributed by atoms with Gasteiger partial charge in [0.25, 0.3) is 0 Å². The highest BCUT2D eigenvalue weighted by molar-refractivity contribution is 6.05. The van der Waals surface area contributed by atoms with Crippen LogP contribution in [0.25, 0.3) is 22.4 Å². The van der Waals surface area contributed by atoms with Crippen molar-refractivity contribution in [3.63, 3.8) is 0 Å². The molecule has 0 bridgehead atoms. The maximum absolute atomic E-state index is 6.12. The van der Waals surface area contributed by atoms with E-state index in [2.05, 4.69) is 30.9 Å². The number of benzene rings is 2. The van der Waals surface area contributed by atoms with Crippen molar-refractivity contribution in [2.24, 2.45) is 10.7 Å². The molecule has 1 aliphatic rings. The van der Waals surface area contributed by atoms with Gasteiger partial charge in [0.1, 0.15) is 11.7 Å². The third-order valence-electron chi connectivity index (χ3n) is 5.04. The number of allylic oxidation sites excluding steroid dienone is 1. The summed E-state index contributed by atoms with van der Waals surface area (Å²) in [7, 11) is 0. The van der Waals surface area contributed by atoms with Crippen molar-refractivity contribution in [1.82, 2.24) is 20.3 Å². The Balaban J connectivity index is 1.36. The number of nitrogens with one attached hydrogen (secondary N) is 4. The summed E-state index contributed by atoms with van der Waals surface area (Å²) in [4.78, 5) is 16.7. The van der Waals surface area contributed by atoms with Gasteiger partial charge in [-0.15, -0.1) is 0 Å². The number of fused-ring (bicyclic) bond motifs is 1. The van der Waals surface area contributed by atoms with Crippen LogP contribution in [0.1, 0.15) is 13.8 Å². The van der Waals surface area contributed by atoms with Crippen LogP contribution in [0.3, 0.4) is 0 Å². The summed E-state index contributed by atoms with van der Waals surface area (Å²) < 4.78 is 0. The van der Waals surface area contributed by atoms with Gasteiger partial charge >= 0.3 is 0 Å². The van der Waals surface area contributed by atoms with Crippen molar-refractivity contribution in [3.05, 3.63) is 78.8 Å². The second kappa shape index (κ2) is 7.82. The fourth-order valence-corrected chi connectivity index (χ4v) is 3.70. The first-order chi connectivity index (χ1) is 15.4. The van der Waals surface area contributed by atoms with Crippen molar-refractivity contribution >= 4 is 33.9 Å². The van der Waals surface area contributed by atoms with E-state index >= 15 is 0 Å². The maximum atomic E-state index is 6.12. The van der Waals surface area contributed by atoms with Crippen LogP contribution in [0.4, 0.5) is 17.1 Å². The molecule has 1 unspecified atom stereocenters. The van der Waals surface area contributed by atoms with Gasteiger partial charge in [-0.25, -0.2) is 9.98 Å². The number of amidine groups is 1. The minimum absolute atomic E-state index is 0.711. The summed E-state index contributed by atoms with van der Waals surface area (Å²) in [6.07, 6.45) is 5.45. The summed E-state index contributed by atoms with van der Waals surface area (Å²) in [5, 5.41) is 9.82. The van der Waals surface area contributed by atoms with Crippen LogP contribution in [0, 0.1) is 0 Å². The van der Waals surface area contributed by atoms with Crippen molar-refractivity contribution in [2.75, 3.05) is 10.6 Å². The molecule has 160 valence electrons. The van der Waals surface area contributed by atoms with E-state index < -0.39 is 5.79 Å². The van der Waals surface area contributed by atoms with Crippen LogP contribution in [0.2, 0.25) is 0 Å². The molecule has 8 nitrogen and oxygen atoms in total. The average molecular weight is 425 g/mol. The van der Waals surface area contributed by atoms with Crippen LogP contribution in [-0.4, -0.2) is 26.6 Å². The first-order valence-corrected chi connectivity index (χ1v) is 10.3. The normalized spacial score (nSPS) is 18.0. The van der Waals surface area contributed by atoms with Gasteiger partial charge in [0.05, 0.1) is 11.0 Å². The SMILES string of the molecule is CC1=CC(Nc2ccc3nc(-c4ccc(Nc5ccncc5)cc4)[nH]c3c2)=NC(C)(N)N1. The Labute approximate surface area is 185 Å². The van der Waals surface area contributed by atoms with Gasteiger partial charge in [-0.2, -0.15) is 0 Å². The summed E-state index contributed by atoms with van der Waals surface area (Å²) >= 11 is 0. The van der Waals surface area contributed by atoms with Crippen molar-refractivity contribution in [3.8, 4) is 11.4 Å². The van der Waals surface area contributed by atoms with Crippen LogP contribution in [0.5, 0.6) is 0 Å². The Hall–Kier alpha value is -4.17. The number of aliphatic imine (C=N–C) groups is 1. The molecule has 1 aliphatic heterocycles. The van der Waals surface area contributed by atoms with E-state index in [9.17, 15) is 0 Å². The highest BCUT2D eigenvalue weighted by atomic mass is 15.3. The molecule has 3 heterocycles. The molecule has 0 saturated heterocycles. The largest absolute Gasteiger partial charge is 0.355 e. The minimum atomic E-state index is -0.829. The van der Waals surface area contributed by atoms with Gasteiger partial charge in [0, 0.05) is 40.7 Å². The zero-order valence-corrected chi connectivity index (χ0v) is 17.8. The summed E-state index contributed by atoms with van der Waals surface area (Å²) in [5.41, 5.74) is 12.8. The number of nitrogens with zero attached hydrogens (tertiary/aromatic N) is 3. The number of aromatic nitrogens is 3. The van der Waals surface area contributed by atoms with Gasteiger partial charge in [-0.1, -0.05) is 0 Å². The zero-order valence-electron chi connectivity index (χ0n) is 17.8. The summed E-state index contributed by atoms with van der Waals surface area (Å²) in [6.45, 7) is 3.79. The number of aromatic amines is 1. The summed E-state index contributed by atoms with van der Waals surface area (Å²) in [6, 6.07) is 18.0. The molecule has 0 aliphatic carbocycles. The monoisotopic (exact) mass is 424 g/mol. The van der Waals surface area contributed by atoms with E-state index in [1.54, 1.807) is 12.4 Å². The quantitative estimate of drug-likeness (QED) is 0.333. The van der Waals surface area contributed by atoms with Crippen LogP contribution >= 0.6 is 0 Å². The molecule has 8 heteroatoms. The van der Waals surface area contributed by atoms with Gasteiger partial charge in [0.2, 0.25) is 0 Å². The van der Waals surface area contributed by atoms with Crippen molar-refractivity contribution in [1.29, 1.82) is 0 Å². The molecule has 5 rings (SSSR count). The fraction of sp³-hybridized carbons (Fsp3) is 0.125. The lowest BCUT2D eigenvalue weighted by molar-refractivity contribution is 0.420. The second-order valence-corrected chi connectivity index (χ2v) is 7.98. The van der Waals surface area contributed by atoms with E-state index in [0.717, 1.165) is 45.2 Å². The first-order valence-electron chi connectivity index (χ1n) is 10.3. The molecule has 32 heavy (non-hydrogen) atoms. The Kier molecular flexibility index (Phi) is 4.84. The summed E-state index contributed by atoms with van der Waals surface area (Å²) in [5.74, 6) is 0.699. The van der Waals surface area contributed by atoms with Crippen LogP contribution in [0.15, 0.2) is 83.8 Å². The molecular formula is C24H24N8. The first kappa shape index (κ1) is 19.8. The van der Waals surface area contributed by atoms with Gasteiger partial charge in [0.15, 0.2) is 5.79 Å². The molecule has 0 spiro atoms. The van der Waals surface area contributed by atoms with Crippen molar-refractivity contribution in [2.45, 2.75) is 19.6 Å². The average Bonchev–Trinajstić information content (AvgIpc) is 3.17. The lowest BCUT2D eigenvalue weighted by atomic mass is 10.2. The Morgan fingerprint density at radius 3 is 2.38 bits per heavy atom. The molecule has 4 aromatic rings. The van der Waals surface area contributed by atoms with Gasteiger partial charge < -0.3 is 20.9 Å². The molecule has 1 atom stereocenters. The van der Waals surface area contributed by atoms with E-state index in [1.165, 1.54) is 0 Å². The number of anilines is 3. The number of imidazole rings is 1. The highest BCUT2D eigenvalue weighted by Crippen LogP contribution is 2.25. The lowest BCUT2D eigenvalue weighted by Crippen LogP contribution is -2.51. The molecular weight excluding hydrogens is 400 g/mol. The predicted molar refractivity (Wildman–Crippen MR) is 130 cm³/mol. The number of H-pyrrole nitrogens is 1. The third-order valence-corrected chi connectivity index (χ3v) is 5.04. The van der Waals surface area contributed by atoms with Gasteiger partial charge in [-0.3, -0.25) is 10.7 Å². The Bertz CT molecular complexity index is 1320. The number of rotatable bonds is 4. The second-order valence-electron chi connectivity index (χ2n) is 7.98. The maximum Gasteiger partial charge on any atom is 0.181 e. The Morgan fingerprint density at radius 2 is 1.62 bits per heavy atom. The number of hydrogen-bond donors (Lipinski definition) is 5. The fourth-order valence-electron chi connectivity index (χ4n) is 3.70. The van der Waals surface area contributed by atoms with E-state index in [4.69, 9.17) is 10.7 Å². The molecule has 2 aromatic carbocycles. The van der Waals surface area contributed by atoms with Crippen LogP contribution in [-0.2, 0) is 0 Å². The van der Waals surface area contributed by atoms with Gasteiger partial charge in [-0.05, 0) is 74.5 Å². The topological polar surface area (TPSA) is 116 Å². The molecule has 0 radical (unpaired) electrons. The third kappa shape index (κ3) is 4.30. The molecule has 0 amide bonds. The molecule has 0 saturated carbocycles. The molecule has 6 N–H and O–H groups in total. The molecule has 2 aromatic heterocycles. The number of hydrogen-bond acceptors (Lipinski definition) is 7. The van der Waals surface area contributed by atoms with Crippen LogP contribution < -0.4 is 21.7 Å². The highest BCUT2D eigenvalue weighted by Gasteiger charge is 2.21. The lowest BCUT2D eigenvalue weighted by Gasteiger charge is -2.28. The predicted octanol–water partition coefficient (Wildman–Crippen LogP) is 4.32. The standard InChI is InChI=1S/C24H24N8/c1-15-13-22(32-24(2,25)31-15)28-19-7-8-20-21(14-19)30-23(29-20)16-3-5-17(6-4-16)27-18-9-11-26-12-10-18/h3-14,31H,25H2,1-2H3,(H,26,27)(H,28,32)(H,29,30). The molecule has 0 fully saturated rings. The zero-order chi connectivity index (χ0) is 22.1. The van der Waals surface area contributed by atoms with E-state index in [-0.39, 0.29) is 0 Å². The number of pyridine rings is 1.